The smallest absolute Gasteiger partial charge is 0.232 e. The van der Waals surface area contributed by atoms with Crippen molar-refractivity contribution in [2.24, 2.45) is 5.92 Å². The fourth-order valence-electron chi connectivity index (χ4n) is 2.49. The van der Waals surface area contributed by atoms with Crippen molar-refractivity contribution in [3.05, 3.63) is 42.7 Å². The summed E-state index contributed by atoms with van der Waals surface area (Å²) in [5.74, 6) is 0.130. The maximum absolute atomic E-state index is 12.3. The number of rotatable bonds is 4. The molecule has 7 nitrogen and oxygen atoms in total. The number of carbonyl (C=O) groups excluding carboxylic acids is 2. The lowest BCUT2D eigenvalue weighted by atomic mass is 10.1. The highest BCUT2D eigenvalue weighted by molar-refractivity contribution is 6.03. The number of aromatic nitrogens is 2. The minimum Gasteiger partial charge on any atom is -0.497 e. The molecule has 2 heterocycles. The zero-order valence-corrected chi connectivity index (χ0v) is 12.6. The van der Waals surface area contributed by atoms with Gasteiger partial charge in [0.15, 0.2) is 0 Å². The quantitative estimate of drug-likeness (QED) is 0.924. The molecule has 1 atom stereocenters. The Kier molecular flexibility index (Phi) is 4.18. The first-order valence-corrected chi connectivity index (χ1v) is 7.19. The maximum Gasteiger partial charge on any atom is 0.232 e. The largest absolute Gasteiger partial charge is 0.497 e. The van der Waals surface area contributed by atoms with Gasteiger partial charge < -0.3 is 9.64 Å². The molecule has 1 aromatic carbocycles. The second-order valence-corrected chi connectivity index (χ2v) is 5.17. The molecule has 2 aromatic rings. The molecular weight excluding hydrogens is 296 g/mol. The minimum atomic E-state index is -0.433. The molecule has 3 rings (SSSR count). The number of ether oxygens (including phenoxy) is 1. The van der Waals surface area contributed by atoms with Crippen LogP contribution in [0.15, 0.2) is 42.7 Å². The van der Waals surface area contributed by atoms with Crippen molar-refractivity contribution in [3.63, 3.8) is 0 Å². The highest BCUT2D eigenvalue weighted by Gasteiger charge is 2.35. The topological polar surface area (TPSA) is 84.4 Å². The summed E-state index contributed by atoms with van der Waals surface area (Å²) < 4.78 is 5.17. The zero-order chi connectivity index (χ0) is 16.2. The van der Waals surface area contributed by atoms with E-state index in [4.69, 9.17) is 4.74 Å². The lowest BCUT2D eigenvalue weighted by molar-refractivity contribution is -0.122. The SMILES string of the molecule is COc1cccc(N2C[C@H](C(=O)Nc3ncccn3)CC2=O)c1. The summed E-state index contributed by atoms with van der Waals surface area (Å²) in [5.41, 5.74) is 0.723. The maximum atomic E-state index is 12.3. The Bertz CT molecular complexity index is 720. The molecule has 0 bridgehead atoms. The molecule has 0 saturated carbocycles. The van der Waals surface area contributed by atoms with Crippen molar-refractivity contribution in [2.45, 2.75) is 6.42 Å². The van der Waals surface area contributed by atoms with Crippen molar-refractivity contribution in [1.82, 2.24) is 9.97 Å². The van der Waals surface area contributed by atoms with Crippen molar-refractivity contribution >= 4 is 23.5 Å². The van der Waals surface area contributed by atoms with Gasteiger partial charge in [-0.15, -0.1) is 0 Å². The molecule has 1 aliphatic rings. The van der Waals surface area contributed by atoms with Crippen LogP contribution in [0.1, 0.15) is 6.42 Å². The average Bonchev–Trinajstić information content (AvgIpc) is 2.98. The first-order chi connectivity index (χ1) is 11.2. The van der Waals surface area contributed by atoms with Crippen molar-refractivity contribution in [1.29, 1.82) is 0 Å². The Balaban J connectivity index is 1.70. The lowest BCUT2D eigenvalue weighted by Crippen LogP contribution is -2.28. The highest BCUT2D eigenvalue weighted by atomic mass is 16.5. The molecule has 1 aromatic heterocycles. The molecule has 23 heavy (non-hydrogen) atoms. The van der Waals surface area contributed by atoms with E-state index in [0.29, 0.717) is 12.3 Å². The van der Waals surface area contributed by atoms with Gasteiger partial charge in [-0.25, -0.2) is 9.97 Å². The number of hydrogen-bond acceptors (Lipinski definition) is 5. The Morgan fingerprint density at radius 3 is 2.83 bits per heavy atom. The Morgan fingerprint density at radius 2 is 2.09 bits per heavy atom. The molecular formula is C16H16N4O3. The van der Waals surface area contributed by atoms with Crippen LogP contribution in [0.5, 0.6) is 5.75 Å². The molecule has 0 spiro atoms. The van der Waals surface area contributed by atoms with Gasteiger partial charge in [-0.3, -0.25) is 14.9 Å². The number of anilines is 2. The predicted octanol–water partition coefficient (Wildman–Crippen LogP) is 1.48. The van der Waals surface area contributed by atoms with Crippen molar-refractivity contribution in [2.75, 3.05) is 23.9 Å². The van der Waals surface area contributed by atoms with Gasteiger partial charge >= 0.3 is 0 Å². The van der Waals surface area contributed by atoms with Crippen LogP contribution in [0.4, 0.5) is 11.6 Å². The summed E-state index contributed by atoms with van der Waals surface area (Å²) in [6.07, 6.45) is 3.26. The number of methoxy groups -OCH3 is 1. The third-order valence-electron chi connectivity index (χ3n) is 3.66. The van der Waals surface area contributed by atoms with Crippen LogP contribution in [-0.2, 0) is 9.59 Å². The predicted molar refractivity (Wildman–Crippen MR) is 84.1 cm³/mol. The Hall–Kier alpha value is -2.96. The number of amides is 2. The molecule has 7 heteroatoms. The van der Waals surface area contributed by atoms with Crippen LogP contribution in [0.2, 0.25) is 0 Å². The summed E-state index contributed by atoms with van der Waals surface area (Å²) in [6.45, 7) is 0.324. The minimum absolute atomic E-state index is 0.0904. The first kappa shape index (κ1) is 15.0. The molecule has 2 amide bonds. The van der Waals surface area contributed by atoms with Gasteiger partial charge in [-0.05, 0) is 18.2 Å². The number of carbonyl (C=O) groups is 2. The second kappa shape index (κ2) is 6.43. The van der Waals surface area contributed by atoms with Crippen LogP contribution in [-0.4, -0.2) is 35.4 Å². The van der Waals surface area contributed by atoms with E-state index >= 15 is 0 Å². The third kappa shape index (κ3) is 3.28. The van der Waals surface area contributed by atoms with Gasteiger partial charge in [-0.2, -0.15) is 0 Å². The van der Waals surface area contributed by atoms with Crippen LogP contribution in [0.3, 0.4) is 0 Å². The van der Waals surface area contributed by atoms with E-state index < -0.39 is 5.92 Å². The van der Waals surface area contributed by atoms with Crippen molar-refractivity contribution in [3.8, 4) is 5.75 Å². The lowest BCUT2D eigenvalue weighted by Gasteiger charge is -2.17. The van der Waals surface area contributed by atoms with Gasteiger partial charge in [0.1, 0.15) is 5.75 Å². The summed E-state index contributed by atoms with van der Waals surface area (Å²) in [4.78, 5) is 34.0. The van der Waals surface area contributed by atoms with Crippen molar-refractivity contribution < 1.29 is 14.3 Å². The first-order valence-electron chi connectivity index (χ1n) is 7.19. The summed E-state index contributed by atoms with van der Waals surface area (Å²) in [6, 6.07) is 8.88. The Labute approximate surface area is 133 Å². The second-order valence-electron chi connectivity index (χ2n) is 5.17. The average molecular weight is 312 g/mol. The number of nitrogens with zero attached hydrogens (tertiary/aromatic N) is 3. The monoisotopic (exact) mass is 312 g/mol. The van der Waals surface area contributed by atoms with Crippen LogP contribution in [0, 0.1) is 5.92 Å². The van der Waals surface area contributed by atoms with Gasteiger partial charge in [0, 0.05) is 37.1 Å². The van der Waals surface area contributed by atoms with Crippen LogP contribution in [0.25, 0.3) is 0 Å². The number of nitrogens with one attached hydrogen (secondary N) is 1. The molecule has 1 fully saturated rings. The van der Waals surface area contributed by atoms with E-state index in [1.54, 1.807) is 42.6 Å². The fraction of sp³-hybridized carbons (Fsp3) is 0.250. The van der Waals surface area contributed by atoms with E-state index in [-0.39, 0.29) is 24.2 Å². The van der Waals surface area contributed by atoms with Gasteiger partial charge in [-0.1, -0.05) is 6.07 Å². The fourth-order valence-corrected chi connectivity index (χ4v) is 2.49. The van der Waals surface area contributed by atoms with Crippen LogP contribution >= 0.6 is 0 Å². The normalized spacial score (nSPS) is 17.2. The molecule has 118 valence electrons. The van der Waals surface area contributed by atoms with Crippen LogP contribution < -0.4 is 15.0 Å². The summed E-state index contributed by atoms with van der Waals surface area (Å²) in [5, 5.41) is 2.63. The number of hydrogen-bond donors (Lipinski definition) is 1. The summed E-state index contributed by atoms with van der Waals surface area (Å²) >= 11 is 0. The van der Waals surface area contributed by atoms with E-state index in [0.717, 1.165) is 5.69 Å². The van der Waals surface area contributed by atoms with E-state index in [1.165, 1.54) is 0 Å². The van der Waals surface area contributed by atoms with E-state index in [2.05, 4.69) is 15.3 Å². The number of benzene rings is 1. The van der Waals surface area contributed by atoms with E-state index in [1.807, 2.05) is 12.1 Å². The van der Waals surface area contributed by atoms with Gasteiger partial charge in [0.05, 0.1) is 13.0 Å². The highest BCUT2D eigenvalue weighted by Crippen LogP contribution is 2.28. The molecule has 1 aliphatic heterocycles. The molecule has 1 saturated heterocycles. The molecule has 1 N–H and O–H groups in total. The van der Waals surface area contributed by atoms with Gasteiger partial charge in [0.2, 0.25) is 17.8 Å². The zero-order valence-electron chi connectivity index (χ0n) is 12.6. The molecule has 0 radical (unpaired) electrons. The Morgan fingerprint density at radius 1 is 1.30 bits per heavy atom. The molecule has 0 unspecified atom stereocenters. The third-order valence-corrected chi connectivity index (χ3v) is 3.66. The standard InChI is InChI=1S/C16H16N4O3/c1-23-13-5-2-4-12(9-13)20-10-11(8-14(20)21)15(22)19-16-17-6-3-7-18-16/h2-7,9,11H,8,10H2,1H3,(H,17,18,19,22)/t11-/m1/s1. The van der Waals surface area contributed by atoms with E-state index in [9.17, 15) is 9.59 Å². The molecule has 0 aliphatic carbocycles. The van der Waals surface area contributed by atoms with Gasteiger partial charge in [0.25, 0.3) is 0 Å². The summed E-state index contributed by atoms with van der Waals surface area (Å²) in [7, 11) is 1.57.